The van der Waals surface area contributed by atoms with Crippen LogP contribution in [0.2, 0.25) is 5.02 Å². The molecule has 1 atom stereocenters. The fraction of sp³-hybridized carbons (Fsp3) is 0.625. The van der Waals surface area contributed by atoms with E-state index < -0.39 is 0 Å². The summed E-state index contributed by atoms with van der Waals surface area (Å²) in [6.45, 7) is 3.36. The molecule has 1 fully saturated rings. The third-order valence-electron chi connectivity index (χ3n) is 4.30. The summed E-state index contributed by atoms with van der Waals surface area (Å²) < 4.78 is 0.472. The predicted octanol–water partition coefficient (Wildman–Crippen LogP) is 5.06. The van der Waals surface area contributed by atoms with E-state index in [0.717, 1.165) is 18.0 Å². The van der Waals surface area contributed by atoms with Crippen LogP contribution in [0.1, 0.15) is 50.6 Å². The molecule has 1 saturated carbocycles. The molecule has 0 bridgehead atoms. The monoisotopic (exact) mass is 297 g/mol. The molecule has 106 valence electrons. The van der Waals surface area contributed by atoms with Crippen LogP contribution < -0.4 is 5.32 Å². The lowest BCUT2D eigenvalue weighted by molar-refractivity contribution is 0.458. The van der Waals surface area contributed by atoms with E-state index in [1.54, 1.807) is 0 Å². The molecular weight excluding hydrogens is 274 g/mol. The van der Waals surface area contributed by atoms with Gasteiger partial charge in [-0.3, -0.25) is 0 Å². The zero-order valence-corrected chi connectivity index (χ0v) is 13.5. The van der Waals surface area contributed by atoms with Gasteiger partial charge >= 0.3 is 0 Å². The van der Waals surface area contributed by atoms with Crippen molar-refractivity contribution in [3.05, 3.63) is 34.9 Å². The van der Waals surface area contributed by atoms with E-state index >= 15 is 0 Å². The highest BCUT2D eigenvalue weighted by Gasteiger charge is 2.33. The molecule has 0 spiro atoms. The summed E-state index contributed by atoms with van der Waals surface area (Å²) in [5.41, 5.74) is 1.35. The van der Waals surface area contributed by atoms with Gasteiger partial charge in [0, 0.05) is 22.4 Å². The molecule has 1 unspecified atom stereocenters. The fourth-order valence-corrected chi connectivity index (χ4v) is 4.03. The number of hydrogen-bond donors (Lipinski definition) is 1. The smallest absolute Gasteiger partial charge is 0.0406 e. The van der Waals surface area contributed by atoms with E-state index in [0.29, 0.717) is 10.8 Å². The van der Waals surface area contributed by atoms with Gasteiger partial charge in [0.2, 0.25) is 0 Å². The normalized spacial score (nSPS) is 19.5. The summed E-state index contributed by atoms with van der Waals surface area (Å²) in [7, 11) is 0. The molecule has 2 rings (SSSR count). The molecule has 0 heterocycles. The molecule has 0 amide bonds. The quantitative estimate of drug-likeness (QED) is 0.788. The van der Waals surface area contributed by atoms with Crippen molar-refractivity contribution in [2.24, 2.45) is 0 Å². The Balaban J connectivity index is 1.97. The van der Waals surface area contributed by atoms with Crippen molar-refractivity contribution in [1.29, 1.82) is 0 Å². The Hall–Kier alpha value is -0.180. The number of rotatable bonds is 6. The van der Waals surface area contributed by atoms with Crippen molar-refractivity contribution < 1.29 is 0 Å². The molecule has 0 radical (unpaired) electrons. The molecular formula is C16H24ClNS. The van der Waals surface area contributed by atoms with Crippen LogP contribution in [0.4, 0.5) is 0 Å². The second-order valence-corrected chi connectivity index (χ2v) is 7.20. The molecule has 19 heavy (non-hydrogen) atoms. The fourth-order valence-electron chi connectivity index (χ4n) is 2.97. The summed E-state index contributed by atoms with van der Waals surface area (Å²) in [5.74, 6) is 0. The molecule has 0 saturated heterocycles. The molecule has 1 aromatic carbocycles. The molecule has 1 nitrogen and oxygen atoms in total. The Labute approximate surface area is 126 Å². The standard InChI is InChI=1S/C16H24ClNS/c1-3-15(13-6-8-14(17)9-7-13)18-12-16(19-2)10-4-5-11-16/h6-9,15,18H,3-5,10-12H2,1-2H3. The Kier molecular flexibility index (Phi) is 5.61. The lowest BCUT2D eigenvalue weighted by Crippen LogP contribution is -2.37. The van der Waals surface area contributed by atoms with Crippen molar-refractivity contribution >= 4 is 23.4 Å². The first-order chi connectivity index (χ1) is 9.19. The number of benzene rings is 1. The highest BCUT2D eigenvalue weighted by molar-refractivity contribution is 8.00. The van der Waals surface area contributed by atoms with Crippen LogP contribution >= 0.6 is 23.4 Å². The van der Waals surface area contributed by atoms with Gasteiger partial charge in [0.25, 0.3) is 0 Å². The Morgan fingerprint density at radius 2 is 1.89 bits per heavy atom. The van der Waals surface area contributed by atoms with Gasteiger partial charge in [0.05, 0.1) is 0 Å². The predicted molar refractivity (Wildman–Crippen MR) is 87.2 cm³/mol. The van der Waals surface area contributed by atoms with Crippen LogP contribution in [-0.4, -0.2) is 17.5 Å². The van der Waals surface area contributed by atoms with Crippen LogP contribution in [0.3, 0.4) is 0 Å². The molecule has 1 aromatic rings. The van der Waals surface area contributed by atoms with Crippen molar-refractivity contribution in [1.82, 2.24) is 5.32 Å². The minimum atomic E-state index is 0.446. The summed E-state index contributed by atoms with van der Waals surface area (Å²) in [6.07, 6.45) is 8.87. The summed E-state index contributed by atoms with van der Waals surface area (Å²) in [5, 5.41) is 4.59. The first-order valence-electron chi connectivity index (χ1n) is 7.23. The summed E-state index contributed by atoms with van der Waals surface area (Å²) >= 11 is 8.01. The van der Waals surface area contributed by atoms with Gasteiger partial charge in [0.15, 0.2) is 0 Å². The molecule has 0 aromatic heterocycles. The van der Waals surface area contributed by atoms with Crippen molar-refractivity contribution in [3.63, 3.8) is 0 Å². The number of nitrogens with one attached hydrogen (secondary N) is 1. The molecule has 1 aliphatic rings. The molecule has 1 aliphatic carbocycles. The van der Waals surface area contributed by atoms with Crippen LogP contribution in [0.5, 0.6) is 0 Å². The van der Waals surface area contributed by atoms with E-state index in [1.165, 1.54) is 31.2 Å². The average Bonchev–Trinajstić information content (AvgIpc) is 2.91. The lowest BCUT2D eigenvalue weighted by Gasteiger charge is -2.30. The van der Waals surface area contributed by atoms with Crippen LogP contribution in [0.25, 0.3) is 0 Å². The SMILES string of the molecule is CCC(NCC1(SC)CCCC1)c1ccc(Cl)cc1. The van der Waals surface area contributed by atoms with Crippen LogP contribution in [0.15, 0.2) is 24.3 Å². The maximum Gasteiger partial charge on any atom is 0.0406 e. The van der Waals surface area contributed by atoms with Crippen molar-refractivity contribution in [3.8, 4) is 0 Å². The van der Waals surface area contributed by atoms with Gasteiger partial charge in [-0.15, -0.1) is 0 Å². The van der Waals surface area contributed by atoms with E-state index in [2.05, 4.69) is 30.6 Å². The average molecular weight is 298 g/mol. The van der Waals surface area contributed by atoms with E-state index in [1.807, 2.05) is 23.9 Å². The van der Waals surface area contributed by atoms with Gasteiger partial charge in [-0.1, -0.05) is 43.5 Å². The Morgan fingerprint density at radius 3 is 2.42 bits per heavy atom. The maximum absolute atomic E-state index is 5.96. The third-order valence-corrected chi connectivity index (χ3v) is 5.97. The first kappa shape index (κ1) is 15.2. The minimum Gasteiger partial charge on any atom is -0.309 e. The first-order valence-corrected chi connectivity index (χ1v) is 8.83. The minimum absolute atomic E-state index is 0.446. The largest absolute Gasteiger partial charge is 0.309 e. The lowest BCUT2D eigenvalue weighted by atomic mass is 10.0. The number of hydrogen-bond acceptors (Lipinski definition) is 2. The van der Waals surface area contributed by atoms with Crippen LogP contribution in [-0.2, 0) is 0 Å². The second kappa shape index (κ2) is 7.01. The van der Waals surface area contributed by atoms with E-state index in [9.17, 15) is 0 Å². The maximum atomic E-state index is 5.96. The zero-order chi connectivity index (χ0) is 13.7. The van der Waals surface area contributed by atoms with Gasteiger partial charge in [0.1, 0.15) is 0 Å². The van der Waals surface area contributed by atoms with Gasteiger partial charge in [-0.2, -0.15) is 11.8 Å². The Morgan fingerprint density at radius 1 is 1.26 bits per heavy atom. The van der Waals surface area contributed by atoms with E-state index in [4.69, 9.17) is 11.6 Å². The van der Waals surface area contributed by atoms with Crippen LogP contribution in [0, 0.1) is 0 Å². The van der Waals surface area contributed by atoms with Crippen molar-refractivity contribution in [2.75, 3.05) is 12.8 Å². The molecule has 3 heteroatoms. The third kappa shape index (κ3) is 3.90. The van der Waals surface area contributed by atoms with Gasteiger partial charge in [-0.05, 0) is 43.2 Å². The zero-order valence-electron chi connectivity index (χ0n) is 11.9. The Bertz CT molecular complexity index is 384. The topological polar surface area (TPSA) is 12.0 Å². The highest BCUT2D eigenvalue weighted by atomic mass is 35.5. The number of thioether (sulfide) groups is 1. The summed E-state index contributed by atoms with van der Waals surface area (Å²) in [4.78, 5) is 0. The van der Waals surface area contributed by atoms with Crippen molar-refractivity contribution in [2.45, 2.75) is 49.8 Å². The molecule has 1 N–H and O–H groups in total. The summed E-state index contributed by atoms with van der Waals surface area (Å²) in [6, 6.07) is 8.71. The molecule has 0 aliphatic heterocycles. The van der Waals surface area contributed by atoms with E-state index in [-0.39, 0.29) is 0 Å². The van der Waals surface area contributed by atoms with Gasteiger partial charge < -0.3 is 5.32 Å². The highest BCUT2D eigenvalue weighted by Crippen LogP contribution is 2.40. The van der Waals surface area contributed by atoms with Gasteiger partial charge in [-0.25, -0.2) is 0 Å². The number of halogens is 1. The second-order valence-electron chi connectivity index (χ2n) is 5.49.